The van der Waals surface area contributed by atoms with Gasteiger partial charge in [0.25, 0.3) is 0 Å². The maximum Gasteiger partial charge on any atom is 0.116 e. The van der Waals surface area contributed by atoms with E-state index < -0.39 is 0 Å². The fraction of sp³-hybridized carbons (Fsp3) is 0.600. The SMILES string of the molecule is CC[C@H]1C[C@@H]2C[C@H]3c4c(c5cc(O)ccc5n4C)CCN(C2)[C@@H]13. The number of aryl methyl sites for hydroxylation is 1. The minimum Gasteiger partial charge on any atom is -0.508 e. The number of piperidine rings is 2. The van der Waals surface area contributed by atoms with Crippen LogP contribution in [0.3, 0.4) is 0 Å². The molecule has 122 valence electrons. The number of phenolic OH excluding ortho intramolecular Hbond substituents is 1. The lowest BCUT2D eigenvalue weighted by molar-refractivity contribution is -0.0140. The molecule has 4 aliphatic rings. The number of aromatic hydroxyl groups is 1. The molecule has 1 aliphatic carbocycles. The van der Waals surface area contributed by atoms with Crippen LogP contribution in [0.4, 0.5) is 0 Å². The summed E-state index contributed by atoms with van der Waals surface area (Å²) in [6.07, 6.45) is 5.25. The first-order valence-electron chi connectivity index (χ1n) is 9.21. The van der Waals surface area contributed by atoms with Crippen LogP contribution in [-0.4, -0.2) is 33.7 Å². The van der Waals surface area contributed by atoms with Gasteiger partial charge < -0.3 is 9.67 Å². The molecule has 1 unspecified atom stereocenters. The van der Waals surface area contributed by atoms with E-state index in [2.05, 4.69) is 29.5 Å². The second-order valence-electron chi connectivity index (χ2n) is 7.97. The second-order valence-corrected chi connectivity index (χ2v) is 7.97. The molecule has 0 spiro atoms. The Morgan fingerprint density at radius 1 is 1.26 bits per heavy atom. The van der Waals surface area contributed by atoms with E-state index in [4.69, 9.17) is 0 Å². The maximum atomic E-state index is 9.96. The van der Waals surface area contributed by atoms with Gasteiger partial charge in [-0.15, -0.1) is 0 Å². The molecule has 3 heteroatoms. The van der Waals surface area contributed by atoms with Crippen molar-refractivity contribution in [1.82, 2.24) is 9.47 Å². The van der Waals surface area contributed by atoms with Crippen molar-refractivity contribution in [2.75, 3.05) is 13.1 Å². The first kappa shape index (κ1) is 13.9. The molecule has 1 aromatic heterocycles. The predicted molar refractivity (Wildman–Crippen MR) is 92.9 cm³/mol. The van der Waals surface area contributed by atoms with Crippen molar-refractivity contribution >= 4 is 10.9 Å². The predicted octanol–water partition coefficient (Wildman–Crippen LogP) is 3.64. The van der Waals surface area contributed by atoms with Crippen LogP contribution < -0.4 is 0 Å². The highest BCUT2D eigenvalue weighted by Gasteiger charge is 2.49. The summed E-state index contributed by atoms with van der Waals surface area (Å²) in [6, 6.07) is 6.64. The van der Waals surface area contributed by atoms with Gasteiger partial charge >= 0.3 is 0 Å². The molecule has 3 nitrogen and oxygen atoms in total. The highest BCUT2D eigenvalue weighted by molar-refractivity contribution is 5.87. The van der Waals surface area contributed by atoms with Gasteiger partial charge in [0, 0.05) is 48.7 Å². The first-order chi connectivity index (χ1) is 11.2. The van der Waals surface area contributed by atoms with Crippen molar-refractivity contribution in [3.05, 3.63) is 29.5 Å². The number of nitrogens with zero attached hydrogens (tertiary/aromatic N) is 2. The van der Waals surface area contributed by atoms with Gasteiger partial charge in [-0.2, -0.15) is 0 Å². The van der Waals surface area contributed by atoms with Gasteiger partial charge in [0.05, 0.1) is 0 Å². The summed E-state index contributed by atoms with van der Waals surface area (Å²) in [7, 11) is 2.23. The summed E-state index contributed by atoms with van der Waals surface area (Å²) in [5.41, 5.74) is 4.37. The van der Waals surface area contributed by atoms with Crippen LogP contribution >= 0.6 is 0 Å². The van der Waals surface area contributed by atoms with Gasteiger partial charge in [-0.1, -0.05) is 13.3 Å². The first-order valence-corrected chi connectivity index (χ1v) is 9.21. The van der Waals surface area contributed by atoms with Crippen LogP contribution in [0.5, 0.6) is 5.75 Å². The molecule has 1 aromatic carbocycles. The van der Waals surface area contributed by atoms with Crippen LogP contribution in [0, 0.1) is 11.8 Å². The van der Waals surface area contributed by atoms with Gasteiger partial charge in [-0.05, 0) is 54.9 Å². The summed E-state index contributed by atoms with van der Waals surface area (Å²) >= 11 is 0. The van der Waals surface area contributed by atoms with Crippen LogP contribution in [0.1, 0.15) is 43.4 Å². The maximum absolute atomic E-state index is 9.96. The molecule has 2 saturated heterocycles. The molecule has 0 amide bonds. The Hall–Kier alpha value is -1.48. The van der Waals surface area contributed by atoms with Crippen LogP contribution in [-0.2, 0) is 13.5 Å². The molecule has 4 heterocycles. The van der Waals surface area contributed by atoms with E-state index in [0.29, 0.717) is 11.7 Å². The Kier molecular flexibility index (Phi) is 2.88. The lowest BCUT2D eigenvalue weighted by Gasteiger charge is -2.53. The summed E-state index contributed by atoms with van der Waals surface area (Å²) in [5.74, 6) is 2.83. The average molecular weight is 310 g/mol. The summed E-state index contributed by atoms with van der Waals surface area (Å²) in [4.78, 5) is 2.80. The zero-order valence-corrected chi connectivity index (χ0v) is 14.1. The van der Waals surface area contributed by atoms with Gasteiger partial charge in [-0.3, -0.25) is 4.90 Å². The molecule has 0 radical (unpaired) electrons. The summed E-state index contributed by atoms with van der Waals surface area (Å²) in [6.45, 7) is 4.88. The van der Waals surface area contributed by atoms with E-state index in [0.717, 1.165) is 24.3 Å². The quantitative estimate of drug-likeness (QED) is 0.871. The summed E-state index contributed by atoms with van der Waals surface area (Å²) < 4.78 is 2.44. The molecule has 1 N–H and O–H groups in total. The number of fused-ring (bicyclic) bond motifs is 4. The van der Waals surface area contributed by atoms with E-state index in [1.807, 2.05) is 12.1 Å². The van der Waals surface area contributed by atoms with Crippen molar-refractivity contribution in [3.8, 4) is 5.75 Å². The van der Waals surface area contributed by atoms with Crippen molar-refractivity contribution in [2.24, 2.45) is 18.9 Å². The Balaban J connectivity index is 1.74. The smallest absolute Gasteiger partial charge is 0.116 e. The normalized spacial score (nSPS) is 35.3. The number of phenols is 1. The standard InChI is InChI=1S/C20H26N2O/c1-3-13-8-12-9-17-19(13)22(11-12)7-6-15-16-10-14(23)4-5-18(16)21(2)20(15)17/h4-5,10,12-13,17,19,23H,3,6-9,11H2,1-2H3/t12-,13+,17-,19+/m1/s1. The van der Waals surface area contributed by atoms with Gasteiger partial charge in [0.2, 0.25) is 0 Å². The topological polar surface area (TPSA) is 28.4 Å². The van der Waals surface area contributed by atoms with Crippen LogP contribution in [0.25, 0.3) is 10.9 Å². The van der Waals surface area contributed by atoms with E-state index in [9.17, 15) is 5.11 Å². The molecule has 5 atom stereocenters. The van der Waals surface area contributed by atoms with E-state index in [1.165, 1.54) is 48.8 Å². The minimum atomic E-state index is 0.395. The number of benzene rings is 1. The van der Waals surface area contributed by atoms with Gasteiger partial charge in [0.15, 0.2) is 0 Å². The Morgan fingerprint density at radius 2 is 2.13 bits per heavy atom. The molecule has 23 heavy (non-hydrogen) atoms. The van der Waals surface area contributed by atoms with Crippen molar-refractivity contribution < 1.29 is 5.11 Å². The molecule has 6 rings (SSSR count). The monoisotopic (exact) mass is 310 g/mol. The molecule has 2 aromatic rings. The zero-order valence-electron chi connectivity index (χ0n) is 14.1. The Morgan fingerprint density at radius 3 is 2.96 bits per heavy atom. The number of hydrogen-bond acceptors (Lipinski definition) is 2. The third-order valence-corrected chi connectivity index (χ3v) is 6.89. The molecule has 3 aliphatic heterocycles. The molecular weight excluding hydrogens is 284 g/mol. The molecular formula is C20H26N2O. The second kappa shape index (κ2) is 4.76. The molecule has 3 fully saturated rings. The average Bonchev–Trinajstić information content (AvgIpc) is 2.76. The van der Waals surface area contributed by atoms with E-state index in [1.54, 1.807) is 5.69 Å². The third kappa shape index (κ3) is 1.80. The molecule has 4 bridgehead atoms. The lowest BCUT2D eigenvalue weighted by Crippen LogP contribution is -2.56. The van der Waals surface area contributed by atoms with Crippen molar-refractivity contribution in [2.45, 2.75) is 44.6 Å². The van der Waals surface area contributed by atoms with Crippen molar-refractivity contribution in [1.29, 1.82) is 0 Å². The van der Waals surface area contributed by atoms with E-state index in [-0.39, 0.29) is 0 Å². The third-order valence-electron chi connectivity index (χ3n) is 6.89. The highest BCUT2D eigenvalue weighted by Crippen LogP contribution is 2.51. The number of aromatic nitrogens is 1. The number of hydrogen-bond donors (Lipinski definition) is 1. The highest BCUT2D eigenvalue weighted by atomic mass is 16.3. The van der Waals surface area contributed by atoms with E-state index >= 15 is 0 Å². The lowest BCUT2D eigenvalue weighted by atomic mass is 9.65. The fourth-order valence-corrected chi connectivity index (χ4v) is 6.09. The Bertz CT molecular complexity index is 778. The van der Waals surface area contributed by atoms with Crippen molar-refractivity contribution in [3.63, 3.8) is 0 Å². The Labute approximate surface area is 137 Å². The zero-order chi connectivity index (χ0) is 15.7. The minimum absolute atomic E-state index is 0.395. The summed E-state index contributed by atoms with van der Waals surface area (Å²) in [5, 5.41) is 11.2. The van der Waals surface area contributed by atoms with Gasteiger partial charge in [0.1, 0.15) is 5.75 Å². The fourth-order valence-electron chi connectivity index (χ4n) is 6.09. The number of rotatable bonds is 1. The van der Waals surface area contributed by atoms with Crippen LogP contribution in [0.15, 0.2) is 18.2 Å². The molecule has 1 saturated carbocycles. The van der Waals surface area contributed by atoms with Gasteiger partial charge in [-0.25, -0.2) is 0 Å². The largest absolute Gasteiger partial charge is 0.508 e. The van der Waals surface area contributed by atoms with Crippen LogP contribution in [0.2, 0.25) is 0 Å².